The molecule has 3 aliphatic carbocycles. The Hall–Kier alpha value is -2.12. The van der Waals surface area contributed by atoms with Gasteiger partial charge in [-0.15, -0.1) is 0 Å². The fourth-order valence-electron chi connectivity index (χ4n) is 6.12. The first-order chi connectivity index (χ1) is 15.0. The minimum atomic E-state index is -0.689. The molecule has 2 amide bonds. The van der Waals surface area contributed by atoms with Crippen molar-refractivity contribution in [2.75, 3.05) is 39.4 Å². The van der Waals surface area contributed by atoms with E-state index >= 15 is 0 Å². The molecule has 4 fully saturated rings. The Morgan fingerprint density at radius 1 is 1.29 bits per heavy atom. The maximum Gasteiger partial charge on any atom is 0.258 e. The van der Waals surface area contributed by atoms with E-state index in [1.807, 2.05) is 18.2 Å². The highest BCUT2D eigenvalue weighted by Crippen LogP contribution is 2.58. The van der Waals surface area contributed by atoms with Gasteiger partial charge in [0.05, 0.1) is 18.8 Å². The molecular formula is C24H33N3O4. The van der Waals surface area contributed by atoms with Gasteiger partial charge in [0.25, 0.3) is 5.91 Å². The second-order valence-corrected chi connectivity index (χ2v) is 9.90. The average Bonchev–Trinajstić information content (AvgIpc) is 2.77. The number of nitrogens with zero attached hydrogens (tertiary/aromatic N) is 1. The molecule has 7 heteroatoms. The van der Waals surface area contributed by atoms with Crippen molar-refractivity contribution >= 4 is 11.8 Å². The van der Waals surface area contributed by atoms with Crippen molar-refractivity contribution in [2.24, 2.45) is 17.3 Å². The topological polar surface area (TPSA) is 79.9 Å². The zero-order valence-corrected chi connectivity index (χ0v) is 18.3. The van der Waals surface area contributed by atoms with Crippen LogP contribution >= 0.6 is 0 Å². The summed E-state index contributed by atoms with van der Waals surface area (Å²) in [6.45, 7) is 7.46. The SMILES string of the molecule is C[C@@]12CC[C@@H](C[C@H]1C(=O)NCCCN1CCOCC1)[C@@]1(C2)NC(=O)c2ccccc2O1. The lowest BCUT2D eigenvalue weighted by Gasteiger charge is -2.59. The lowest BCUT2D eigenvalue weighted by Crippen LogP contribution is -2.69. The van der Waals surface area contributed by atoms with Crippen molar-refractivity contribution in [2.45, 2.75) is 44.8 Å². The third-order valence-electron chi connectivity index (χ3n) is 7.87. The van der Waals surface area contributed by atoms with E-state index < -0.39 is 5.72 Å². The summed E-state index contributed by atoms with van der Waals surface area (Å²) in [6.07, 6.45) is 4.36. The summed E-state index contributed by atoms with van der Waals surface area (Å²) >= 11 is 0. The number of hydrogen-bond donors (Lipinski definition) is 2. The smallest absolute Gasteiger partial charge is 0.258 e. The molecule has 3 saturated carbocycles. The number of nitrogens with one attached hydrogen (secondary N) is 2. The van der Waals surface area contributed by atoms with E-state index in [-0.39, 0.29) is 29.1 Å². The highest BCUT2D eigenvalue weighted by molar-refractivity contribution is 5.98. The van der Waals surface area contributed by atoms with Gasteiger partial charge < -0.3 is 20.1 Å². The van der Waals surface area contributed by atoms with E-state index in [0.29, 0.717) is 24.3 Å². The third-order valence-corrected chi connectivity index (χ3v) is 7.87. The quantitative estimate of drug-likeness (QED) is 0.704. The monoisotopic (exact) mass is 427 g/mol. The largest absolute Gasteiger partial charge is 0.467 e. The van der Waals surface area contributed by atoms with Crippen LogP contribution in [0, 0.1) is 17.3 Å². The lowest BCUT2D eigenvalue weighted by molar-refractivity contribution is -0.167. The number of carbonyl (C=O) groups excluding carboxylic acids is 2. The van der Waals surface area contributed by atoms with E-state index in [1.54, 1.807) is 6.07 Å². The Labute approximate surface area is 183 Å². The van der Waals surface area contributed by atoms with Gasteiger partial charge in [-0.2, -0.15) is 0 Å². The van der Waals surface area contributed by atoms with E-state index in [1.165, 1.54) is 0 Å². The molecule has 2 heterocycles. The van der Waals surface area contributed by atoms with Crippen LogP contribution in [0.3, 0.4) is 0 Å². The summed E-state index contributed by atoms with van der Waals surface area (Å²) in [4.78, 5) is 28.3. The molecule has 1 aromatic rings. The Kier molecular flexibility index (Phi) is 5.42. The van der Waals surface area contributed by atoms with E-state index in [4.69, 9.17) is 9.47 Å². The zero-order valence-electron chi connectivity index (χ0n) is 18.3. The van der Waals surface area contributed by atoms with Crippen LogP contribution in [0.1, 0.15) is 49.4 Å². The molecule has 0 unspecified atom stereocenters. The number of carbonyl (C=O) groups is 2. The molecule has 0 aromatic heterocycles. The number of morpholine rings is 1. The second-order valence-electron chi connectivity index (χ2n) is 9.90. The Balaban J connectivity index is 1.21. The maximum absolute atomic E-state index is 13.1. The summed E-state index contributed by atoms with van der Waals surface area (Å²) in [5, 5.41) is 6.38. The standard InChI is InChI=1S/C24H33N3O4/c1-23-8-7-17(24(16-23)26-21(28)18-5-2-3-6-20(18)31-24)15-19(23)22(29)25-9-4-10-27-11-13-30-14-12-27/h2-3,5-6,17,19H,4,7-16H2,1H3,(H,25,29)(H,26,28)/t17-,19-,23-,24-/m0/s1. The van der Waals surface area contributed by atoms with Gasteiger partial charge in [0, 0.05) is 37.9 Å². The van der Waals surface area contributed by atoms with Gasteiger partial charge in [0.15, 0.2) is 5.72 Å². The van der Waals surface area contributed by atoms with Gasteiger partial charge in [-0.05, 0) is 49.8 Å². The number of ether oxygens (including phenoxy) is 2. The first kappa shape index (κ1) is 20.8. The summed E-state index contributed by atoms with van der Waals surface area (Å²) in [6, 6.07) is 7.43. The van der Waals surface area contributed by atoms with Crippen LogP contribution in [-0.4, -0.2) is 61.8 Å². The van der Waals surface area contributed by atoms with Gasteiger partial charge in [-0.1, -0.05) is 19.1 Å². The zero-order chi connectivity index (χ0) is 21.5. The molecule has 0 radical (unpaired) electrons. The van der Waals surface area contributed by atoms with Crippen molar-refractivity contribution < 1.29 is 19.1 Å². The van der Waals surface area contributed by atoms with Crippen molar-refractivity contribution in [1.82, 2.24) is 15.5 Å². The summed E-state index contributed by atoms with van der Waals surface area (Å²) in [5.74, 6) is 0.869. The van der Waals surface area contributed by atoms with Gasteiger partial charge >= 0.3 is 0 Å². The van der Waals surface area contributed by atoms with Gasteiger partial charge in [-0.3, -0.25) is 14.5 Å². The van der Waals surface area contributed by atoms with Crippen LogP contribution in [0.4, 0.5) is 0 Å². The number of benzene rings is 1. The van der Waals surface area contributed by atoms with E-state index in [2.05, 4.69) is 22.5 Å². The molecule has 1 spiro atoms. The molecule has 2 bridgehead atoms. The molecule has 31 heavy (non-hydrogen) atoms. The Morgan fingerprint density at radius 2 is 2.10 bits per heavy atom. The number of amides is 2. The molecule has 1 saturated heterocycles. The normalized spacial score (nSPS) is 34.7. The predicted molar refractivity (Wildman–Crippen MR) is 116 cm³/mol. The first-order valence-corrected chi connectivity index (χ1v) is 11.7. The summed E-state index contributed by atoms with van der Waals surface area (Å²) < 4.78 is 11.8. The van der Waals surface area contributed by atoms with Crippen molar-refractivity contribution in [3.8, 4) is 5.75 Å². The third kappa shape index (κ3) is 3.82. The Bertz CT molecular complexity index is 855. The van der Waals surface area contributed by atoms with Crippen LogP contribution in [0.15, 0.2) is 24.3 Å². The van der Waals surface area contributed by atoms with Crippen LogP contribution < -0.4 is 15.4 Å². The number of hydrogen-bond acceptors (Lipinski definition) is 5. The van der Waals surface area contributed by atoms with E-state index in [0.717, 1.165) is 58.5 Å². The first-order valence-electron chi connectivity index (χ1n) is 11.7. The van der Waals surface area contributed by atoms with Gasteiger partial charge in [-0.25, -0.2) is 0 Å². The van der Waals surface area contributed by atoms with Crippen LogP contribution in [0.2, 0.25) is 0 Å². The van der Waals surface area contributed by atoms with Crippen molar-refractivity contribution in [3.05, 3.63) is 29.8 Å². The fraction of sp³-hybridized carbons (Fsp3) is 0.667. The van der Waals surface area contributed by atoms with Crippen LogP contribution in [0.25, 0.3) is 0 Å². The predicted octanol–water partition coefficient (Wildman–Crippen LogP) is 2.17. The molecule has 4 atom stereocenters. The van der Waals surface area contributed by atoms with Crippen molar-refractivity contribution in [3.63, 3.8) is 0 Å². The molecule has 168 valence electrons. The highest BCUT2D eigenvalue weighted by atomic mass is 16.5. The highest BCUT2D eigenvalue weighted by Gasteiger charge is 2.61. The number of para-hydroxylation sites is 1. The van der Waals surface area contributed by atoms with Crippen LogP contribution in [0.5, 0.6) is 5.75 Å². The molecule has 5 aliphatic rings. The maximum atomic E-state index is 13.1. The Morgan fingerprint density at radius 3 is 2.90 bits per heavy atom. The summed E-state index contributed by atoms with van der Waals surface area (Å²) in [7, 11) is 0. The minimum Gasteiger partial charge on any atom is -0.467 e. The van der Waals surface area contributed by atoms with Gasteiger partial charge in [0.1, 0.15) is 5.75 Å². The lowest BCUT2D eigenvalue weighted by atomic mass is 9.52. The van der Waals surface area contributed by atoms with Crippen molar-refractivity contribution in [1.29, 1.82) is 0 Å². The van der Waals surface area contributed by atoms with E-state index in [9.17, 15) is 9.59 Å². The average molecular weight is 428 g/mol. The second kappa shape index (κ2) is 8.10. The molecular weight excluding hydrogens is 394 g/mol. The minimum absolute atomic E-state index is 0.0297. The molecule has 2 aliphatic heterocycles. The van der Waals surface area contributed by atoms with Gasteiger partial charge in [0.2, 0.25) is 5.91 Å². The molecule has 7 nitrogen and oxygen atoms in total. The molecule has 2 N–H and O–H groups in total. The van der Waals surface area contributed by atoms with Crippen LogP contribution in [-0.2, 0) is 9.53 Å². The molecule has 6 rings (SSSR count). The fourth-order valence-corrected chi connectivity index (χ4v) is 6.12. The number of fused-ring (bicyclic) bond motifs is 3. The summed E-state index contributed by atoms with van der Waals surface area (Å²) in [5.41, 5.74) is -0.275. The number of rotatable bonds is 5. The molecule has 1 aromatic carbocycles.